The molecule has 2 aromatic rings. The fraction of sp³-hybridized carbons (Fsp3) is 0.429. The van der Waals surface area contributed by atoms with Crippen molar-refractivity contribution in [2.75, 3.05) is 0 Å². The highest BCUT2D eigenvalue weighted by molar-refractivity contribution is 5.25. The summed E-state index contributed by atoms with van der Waals surface area (Å²) < 4.78 is 38.8. The first-order valence-corrected chi connectivity index (χ1v) is 6.44. The van der Waals surface area contributed by atoms with Gasteiger partial charge in [0.25, 0.3) is 0 Å². The normalized spacial score (nSPS) is 12.1. The van der Waals surface area contributed by atoms with Gasteiger partial charge < -0.3 is 0 Å². The van der Waals surface area contributed by atoms with E-state index in [1.165, 1.54) is 0 Å². The van der Waals surface area contributed by atoms with Crippen LogP contribution in [0.4, 0.5) is 13.2 Å². The first-order chi connectivity index (χ1) is 9.36. The fourth-order valence-electron chi connectivity index (χ4n) is 1.76. The van der Waals surface area contributed by atoms with Crippen LogP contribution >= 0.6 is 0 Å². The molecule has 3 nitrogen and oxygen atoms in total. The number of hydrogen-bond acceptors (Lipinski definition) is 2. The monoisotopic (exact) mass is 283 g/mol. The zero-order valence-corrected chi connectivity index (χ0v) is 11.4. The van der Waals surface area contributed by atoms with Crippen molar-refractivity contribution < 1.29 is 13.2 Å². The van der Waals surface area contributed by atoms with E-state index in [9.17, 15) is 13.2 Å². The second-order valence-corrected chi connectivity index (χ2v) is 5.09. The Morgan fingerprint density at radius 1 is 1.25 bits per heavy atom. The van der Waals surface area contributed by atoms with Crippen LogP contribution < -0.4 is 0 Å². The summed E-state index contributed by atoms with van der Waals surface area (Å²) >= 11 is 0. The number of pyridine rings is 1. The molecular weight excluding hydrogens is 267 g/mol. The molecule has 20 heavy (non-hydrogen) atoms. The number of hydrogen-bond donors (Lipinski definition) is 0. The largest absolute Gasteiger partial charge is 0.419 e. The predicted molar refractivity (Wildman–Crippen MR) is 69.5 cm³/mol. The van der Waals surface area contributed by atoms with E-state index in [2.05, 4.69) is 23.9 Å². The Labute approximate surface area is 115 Å². The van der Waals surface area contributed by atoms with Crippen LogP contribution in [0.2, 0.25) is 0 Å². The summed E-state index contributed by atoms with van der Waals surface area (Å²) in [6.45, 7) is 4.24. The smallest absolute Gasteiger partial charge is 0.234 e. The van der Waals surface area contributed by atoms with Crippen LogP contribution in [-0.2, 0) is 12.6 Å². The topological polar surface area (TPSA) is 30.7 Å². The average Bonchev–Trinajstić information content (AvgIpc) is 2.86. The van der Waals surface area contributed by atoms with Gasteiger partial charge in [-0.1, -0.05) is 19.9 Å². The van der Waals surface area contributed by atoms with E-state index in [0.717, 1.165) is 35.6 Å². The quantitative estimate of drug-likeness (QED) is 0.852. The molecule has 6 heteroatoms. The van der Waals surface area contributed by atoms with Gasteiger partial charge in [0, 0.05) is 11.9 Å². The van der Waals surface area contributed by atoms with Crippen molar-refractivity contribution in [3.63, 3.8) is 0 Å². The summed E-state index contributed by atoms with van der Waals surface area (Å²) in [7, 11) is 0. The van der Waals surface area contributed by atoms with Crippen molar-refractivity contribution in [1.82, 2.24) is 14.8 Å². The minimum Gasteiger partial charge on any atom is -0.234 e. The number of halogens is 3. The van der Waals surface area contributed by atoms with Crippen molar-refractivity contribution >= 4 is 0 Å². The Hall–Kier alpha value is -1.85. The van der Waals surface area contributed by atoms with Crippen molar-refractivity contribution in [3.05, 3.63) is 41.9 Å². The van der Waals surface area contributed by atoms with Gasteiger partial charge in [0.2, 0.25) is 0 Å². The molecule has 0 atom stereocenters. The fourth-order valence-corrected chi connectivity index (χ4v) is 1.76. The summed E-state index contributed by atoms with van der Waals surface area (Å²) in [6.07, 6.45) is -0.827. The molecule has 0 aliphatic heterocycles. The van der Waals surface area contributed by atoms with Gasteiger partial charge in [-0.15, -0.1) is 0 Å². The third kappa shape index (κ3) is 3.59. The Morgan fingerprint density at radius 3 is 2.60 bits per heavy atom. The minimum absolute atomic E-state index is 0.404. The lowest BCUT2D eigenvalue weighted by molar-refractivity contribution is -0.137. The van der Waals surface area contributed by atoms with E-state index in [4.69, 9.17) is 0 Å². The predicted octanol–water partition coefficient (Wildman–Crippen LogP) is 3.87. The Balaban J connectivity index is 2.20. The van der Waals surface area contributed by atoms with Gasteiger partial charge in [-0.2, -0.15) is 18.3 Å². The van der Waals surface area contributed by atoms with E-state index in [1.807, 2.05) is 6.07 Å². The number of rotatable bonds is 4. The molecule has 0 saturated heterocycles. The van der Waals surface area contributed by atoms with Gasteiger partial charge in [-0.3, -0.25) is 0 Å². The molecule has 0 aromatic carbocycles. The van der Waals surface area contributed by atoms with Crippen LogP contribution in [0.5, 0.6) is 0 Å². The first-order valence-electron chi connectivity index (χ1n) is 6.44. The van der Waals surface area contributed by atoms with Crippen molar-refractivity contribution in [3.8, 4) is 5.82 Å². The summed E-state index contributed by atoms with van der Waals surface area (Å²) in [5.41, 5.74) is 0.0899. The molecule has 0 amide bonds. The number of aryl methyl sites for hydroxylation is 1. The standard InChI is InChI=1S/C14H16F3N3/c1-10(2)6-7-12-4-3-5-13(19-12)20-9-11(8-18-20)14(15,16)17/h3-5,8-10H,6-7H2,1-2H3. The molecule has 2 heterocycles. The molecule has 0 saturated carbocycles. The van der Waals surface area contributed by atoms with Crippen LogP contribution in [0.15, 0.2) is 30.6 Å². The van der Waals surface area contributed by atoms with Crippen LogP contribution in [0.25, 0.3) is 5.82 Å². The zero-order valence-electron chi connectivity index (χ0n) is 11.4. The second kappa shape index (κ2) is 5.64. The SMILES string of the molecule is CC(C)CCc1cccc(-n2cc(C(F)(F)F)cn2)n1. The summed E-state index contributed by atoms with van der Waals surface area (Å²) in [5, 5.41) is 3.72. The molecular formula is C14H16F3N3. The second-order valence-electron chi connectivity index (χ2n) is 5.09. The van der Waals surface area contributed by atoms with Gasteiger partial charge in [0.15, 0.2) is 5.82 Å². The van der Waals surface area contributed by atoms with Crippen LogP contribution in [-0.4, -0.2) is 14.8 Å². The number of alkyl halides is 3. The molecule has 0 N–H and O–H groups in total. The minimum atomic E-state index is -4.38. The Morgan fingerprint density at radius 2 is 2.00 bits per heavy atom. The van der Waals surface area contributed by atoms with Gasteiger partial charge in [-0.25, -0.2) is 9.67 Å². The molecule has 0 spiro atoms. The molecule has 2 rings (SSSR count). The lowest BCUT2D eigenvalue weighted by atomic mass is 10.1. The molecule has 0 aliphatic carbocycles. The lowest BCUT2D eigenvalue weighted by Gasteiger charge is -2.06. The van der Waals surface area contributed by atoms with Gasteiger partial charge in [0.1, 0.15) is 0 Å². The Bertz CT molecular complexity index is 573. The van der Waals surface area contributed by atoms with Crippen LogP contribution in [0.1, 0.15) is 31.5 Å². The van der Waals surface area contributed by atoms with E-state index in [-0.39, 0.29) is 0 Å². The van der Waals surface area contributed by atoms with Gasteiger partial charge >= 0.3 is 6.18 Å². The van der Waals surface area contributed by atoms with Crippen molar-refractivity contribution in [2.24, 2.45) is 5.92 Å². The molecule has 2 aromatic heterocycles. The average molecular weight is 283 g/mol. The Kier molecular flexibility index (Phi) is 4.11. The zero-order chi connectivity index (χ0) is 14.8. The summed E-state index contributed by atoms with van der Waals surface area (Å²) in [4.78, 5) is 4.34. The van der Waals surface area contributed by atoms with Gasteiger partial charge in [-0.05, 0) is 30.9 Å². The summed E-state index contributed by atoms with van der Waals surface area (Å²) in [6, 6.07) is 5.30. The van der Waals surface area contributed by atoms with Crippen LogP contribution in [0.3, 0.4) is 0 Å². The van der Waals surface area contributed by atoms with E-state index in [0.29, 0.717) is 11.7 Å². The highest BCUT2D eigenvalue weighted by Gasteiger charge is 2.32. The number of aromatic nitrogens is 3. The maximum atomic E-state index is 12.5. The third-order valence-corrected chi connectivity index (χ3v) is 2.91. The molecule has 0 radical (unpaired) electrons. The molecule has 108 valence electrons. The number of nitrogens with zero attached hydrogens (tertiary/aromatic N) is 3. The molecule has 0 aliphatic rings. The van der Waals surface area contributed by atoms with Crippen LogP contribution in [0, 0.1) is 5.92 Å². The first kappa shape index (κ1) is 14.6. The van der Waals surface area contributed by atoms with E-state index in [1.54, 1.807) is 12.1 Å². The molecule has 0 fully saturated rings. The highest BCUT2D eigenvalue weighted by atomic mass is 19.4. The molecule has 0 unspecified atom stereocenters. The van der Waals surface area contributed by atoms with Crippen molar-refractivity contribution in [2.45, 2.75) is 32.9 Å². The summed E-state index contributed by atoms with van der Waals surface area (Å²) in [5.74, 6) is 0.962. The van der Waals surface area contributed by atoms with Crippen molar-refractivity contribution in [1.29, 1.82) is 0 Å². The molecule has 0 bridgehead atoms. The van der Waals surface area contributed by atoms with Gasteiger partial charge in [0.05, 0.1) is 11.8 Å². The maximum absolute atomic E-state index is 12.5. The van der Waals surface area contributed by atoms with E-state index < -0.39 is 11.7 Å². The third-order valence-electron chi connectivity index (χ3n) is 2.91. The highest BCUT2D eigenvalue weighted by Crippen LogP contribution is 2.28. The van der Waals surface area contributed by atoms with E-state index >= 15 is 0 Å². The maximum Gasteiger partial charge on any atom is 0.419 e. The lowest BCUT2D eigenvalue weighted by Crippen LogP contribution is -2.04.